The molecule has 1 aromatic heterocycles. The lowest BCUT2D eigenvalue weighted by Crippen LogP contribution is -1.89. The summed E-state index contributed by atoms with van der Waals surface area (Å²) in [5.41, 5.74) is 3.90. The Balaban J connectivity index is 2.66. The van der Waals surface area contributed by atoms with E-state index in [0.29, 0.717) is 0 Å². The van der Waals surface area contributed by atoms with Crippen molar-refractivity contribution < 1.29 is 0 Å². The molecule has 0 saturated carbocycles. The second-order valence-electron chi connectivity index (χ2n) is 2.57. The molecule has 0 saturated heterocycles. The van der Waals surface area contributed by atoms with E-state index >= 15 is 0 Å². The van der Waals surface area contributed by atoms with Gasteiger partial charge in [0.2, 0.25) is 0 Å². The molecule has 2 rings (SSSR count). The van der Waals surface area contributed by atoms with Gasteiger partial charge in [0.1, 0.15) is 0 Å². The highest BCUT2D eigenvalue weighted by atomic mass is 14.7. The summed E-state index contributed by atoms with van der Waals surface area (Å²) in [5, 5.41) is 0. The van der Waals surface area contributed by atoms with E-state index in [9.17, 15) is 0 Å². The van der Waals surface area contributed by atoms with Gasteiger partial charge in [-0.25, -0.2) is 0 Å². The fourth-order valence-corrected chi connectivity index (χ4v) is 1.34. The third-order valence-electron chi connectivity index (χ3n) is 1.93. The Morgan fingerprint density at radius 2 is 2.40 bits per heavy atom. The van der Waals surface area contributed by atoms with Crippen LogP contribution in [0, 0.1) is 6.92 Å². The van der Waals surface area contributed by atoms with Crippen molar-refractivity contribution in [2.45, 2.75) is 13.3 Å². The lowest BCUT2D eigenvalue weighted by molar-refractivity contribution is 1.11. The molecule has 1 heteroatoms. The van der Waals surface area contributed by atoms with Gasteiger partial charge in [-0.05, 0) is 30.5 Å². The van der Waals surface area contributed by atoms with Crippen LogP contribution in [0.3, 0.4) is 0 Å². The summed E-state index contributed by atoms with van der Waals surface area (Å²) in [6.07, 6.45) is 7.27. The summed E-state index contributed by atoms with van der Waals surface area (Å²) in [4.78, 5) is 4.21. The Morgan fingerprint density at radius 3 is 3.20 bits per heavy atom. The van der Waals surface area contributed by atoms with E-state index in [1.165, 1.54) is 16.8 Å². The van der Waals surface area contributed by atoms with Gasteiger partial charge in [-0.2, -0.15) is 0 Å². The minimum atomic E-state index is 1.06. The third kappa shape index (κ3) is 0.670. The number of pyridine rings is 1. The fourth-order valence-electron chi connectivity index (χ4n) is 1.34. The molecule has 0 radical (unpaired) electrons. The standard InChI is InChI=1S/C9H9N/c1-7-9-4-2-3-8(9)5-6-10-7/h2-3,5-6H,4H2,1H3. The molecule has 0 atom stereocenters. The molecule has 0 amide bonds. The Labute approximate surface area is 60.4 Å². The van der Waals surface area contributed by atoms with E-state index in [2.05, 4.69) is 30.1 Å². The first-order valence-corrected chi connectivity index (χ1v) is 3.49. The van der Waals surface area contributed by atoms with Gasteiger partial charge in [-0.15, -0.1) is 0 Å². The molecular formula is C9H9N. The Morgan fingerprint density at radius 1 is 1.50 bits per heavy atom. The van der Waals surface area contributed by atoms with Crippen LogP contribution in [-0.2, 0) is 6.42 Å². The van der Waals surface area contributed by atoms with Crippen LogP contribution in [0.25, 0.3) is 6.08 Å². The first kappa shape index (κ1) is 5.66. The second-order valence-corrected chi connectivity index (χ2v) is 2.57. The zero-order chi connectivity index (χ0) is 6.97. The molecule has 0 N–H and O–H groups in total. The molecule has 1 aliphatic carbocycles. The molecule has 1 aromatic rings. The molecule has 10 heavy (non-hydrogen) atoms. The maximum atomic E-state index is 4.21. The number of aromatic nitrogens is 1. The number of aryl methyl sites for hydroxylation is 1. The van der Waals surface area contributed by atoms with Crippen LogP contribution in [0.2, 0.25) is 0 Å². The third-order valence-corrected chi connectivity index (χ3v) is 1.93. The van der Waals surface area contributed by atoms with E-state index in [-0.39, 0.29) is 0 Å². The Kier molecular flexibility index (Phi) is 1.10. The predicted octanol–water partition coefficient (Wildman–Crippen LogP) is 1.96. The lowest BCUT2D eigenvalue weighted by atomic mass is 10.1. The topological polar surface area (TPSA) is 12.9 Å². The Bertz CT molecular complexity index is 287. The van der Waals surface area contributed by atoms with Crippen LogP contribution in [0.1, 0.15) is 16.8 Å². The minimum absolute atomic E-state index is 1.06. The van der Waals surface area contributed by atoms with Crippen molar-refractivity contribution in [3.63, 3.8) is 0 Å². The van der Waals surface area contributed by atoms with Gasteiger partial charge in [-0.3, -0.25) is 4.98 Å². The number of hydrogen-bond acceptors (Lipinski definition) is 1. The summed E-state index contributed by atoms with van der Waals surface area (Å²) in [6, 6.07) is 2.06. The number of allylic oxidation sites excluding steroid dienone is 1. The molecule has 0 spiro atoms. The van der Waals surface area contributed by atoms with Crippen molar-refractivity contribution in [3.05, 3.63) is 35.2 Å². The van der Waals surface area contributed by atoms with Gasteiger partial charge in [0, 0.05) is 11.9 Å². The van der Waals surface area contributed by atoms with Crippen LogP contribution >= 0.6 is 0 Å². The van der Waals surface area contributed by atoms with Gasteiger partial charge in [0.05, 0.1) is 0 Å². The fraction of sp³-hybridized carbons (Fsp3) is 0.222. The first-order valence-electron chi connectivity index (χ1n) is 3.49. The molecule has 1 aliphatic rings. The monoisotopic (exact) mass is 131 g/mol. The van der Waals surface area contributed by atoms with Crippen molar-refractivity contribution in [1.29, 1.82) is 0 Å². The van der Waals surface area contributed by atoms with Crippen LogP contribution in [-0.4, -0.2) is 4.98 Å². The highest BCUT2D eigenvalue weighted by Gasteiger charge is 2.06. The normalized spacial score (nSPS) is 13.7. The first-order chi connectivity index (χ1) is 4.88. The quantitative estimate of drug-likeness (QED) is 0.524. The highest BCUT2D eigenvalue weighted by Crippen LogP contribution is 2.20. The van der Waals surface area contributed by atoms with Gasteiger partial charge >= 0.3 is 0 Å². The summed E-state index contributed by atoms with van der Waals surface area (Å²) in [5.74, 6) is 0. The molecule has 0 aromatic carbocycles. The highest BCUT2D eigenvalue weighted by molar-refractivity contribution is 5.60. The van der Waals surface area contributed by atoms with Gasteiger partial charge in [0.25, 0.3) is 0 Å². The van der Waals surface area contributed by atoms with E-state index in [4.69, 9.17) is 0 Å². The van der Waals surface area contributed by atoms with Crippen LogP contribution in [0.5, 0.6) is 0 Å². The predicted molar refractivity (Wildman–Crippen MR) is 41.7 cm³/mol. The Hall–Kier alpha value is -1.11. The van der Waals surface area contributed by atoms with E-state index in [1.807, 2.05) is 6.20 Å². The molecule has 0 bridgehead atoms. The average Bonchev–Trinajstić information content (AvgIpc) is 2.36. The summed E-state index contributed by atoms with van der Waals surface area (Å²) in [7, 11) is 0. The molecule has 0 aliphatic heterocycles. The van der Waals surface area contributed by atoms with Crippen molar-refractivity contribution in [2.24, 2.45) is 0 Å². The molecule has 1 nitrogen and oxygen atoms in total. The molecule has 50 valence electrons. The van der Waals surface area contributed by atoms with Crippen molar-refractivity contribution in [3.8, 4) is 0 Å². The van der Waals surface area contributed by atoms with E-state index in [0.717, 1.165) is 6.42 Å². The van der Waals surface area contributed by atoms with Crippen molar-refractivity contribution in [1.82, 2.24) is 4.98 Å². The molecular weight excluding hydrogens is 122 g/mol. The minimum Gasteiger partial charge on any atom is -0.261 e. The SMILES string of the molecule is Cc1nccc2c1CC=C2. The largest absolute Gasteiger partial charge is 0.261 e. The van der Waals surface area contributed by atoms with Crippen molar-refractivity contribution in [2.75, 3.05) is 0 Å². The maximum absolute atomic E-state index is 4.21. The number of fused-ring (bicyclic) bond motifs is 1. The molecule has 1 heterocycles. The van der Waals surface area contributed by atoms with Crippen LogP contribution < -0.4 is 0 Å². The van der Waals surface area contributed by atoms with Crippen LogP contribution in [0.15, 0.2) is 18.3 Å². The van der Waals surface area contributed by atoms with Gasteiger partial charge in [0.15, 0.2) is 0 Å². The van der Waals surface area contributed by atoms with E-state index in [1.54, 1.807) is 0 Å². The lowest BCUT2D eigenvalue weighted by Gasteiger charge is -1.99. The summed E-state index contributed by atoms with van der Waals surface area (Å²) < 4.78 is 0. The zero-order valence-corrected chi connectivity index (χ0v) is 5.96. The van der Waals surface area contributed by atoms with Crippen LogP contribution in [0.4, 0.5) is 0 Å². The smallest absolute Gasteiger partial charge is 0.0413 e. The molecule has 0 unspecified atom stereocenters. The summed E-state index contributed by atoms with van der Waals surface area (Å²) >= 11 is 0. The number of rotatable bonds is 0. The number of hydrogen-bond donors (Lipinski definition) is 0. The molecule has 0 fully saturated rings. The van der Waals surface area contributed by atoms with Crippen molar-refractivity contribution >= 4 is 6.08 Å². The maximum Gasteiger partial charge on any atom is 0.0413 e. The van der Waals surface area contributed by atoms with Gasteiger partial charge < -0.3 is 0 Å². The second kappa shape index (κ2) is 1.94. The van der Waals surface area contributed by atoms with E-state index < -0.39 is 0 Å². The van der Waals surface area contributed by atoms with Gasteiger partial charge in [-0.1, -0.05) is 12.2 Å². The number of nitrogens with zero attached hydrogens (tertiary/aromatic N) is 1. The zero-order valence-electron chi connectivity index (χ0n) is 5.96. The summed E-state index contributed by atoms with van der Waals surface area (Å²) in [6.45, 7) is 2.06. The average molecular weight is 131 g/mol.